The van der Waals surface area contributed by atoms with E-state index in [1.807, 2.05) is 0 Å². The highest BCUT2D eigenvalue weighted by molar-refractivity contribution is 8.01. The molecule has 0 amide bonds. The molecule has 4 fully saturated rings. The third-order valence-electron chi connectivity index (χ3n) is 5.13. The minimum Gasteiger partial charge on any atom is -0.375 e. The largest absolute Gasteiger partial charge is 0.375 e. The van der Waals surface area contributed by atoms with Crippen LogP contribution < -0.4 is 5.32 Å². The molecule has 4 saturated heterocycles. The molecule has 21 heavy (non-hydrogen) atoms. The van der Waals surface area contributed by atoms with Gasteiger partial charge in [-0.2, -0.15) is 0 Å². The zero-order valence-electron chi connectivity index (χ0n) is 12.6. The SMILES string of the molecule is C1CCC(C2(C3CCCO3)SCCN2C2NCCS2)OC1. The molecule has 4 atom stereocenters. The Kier molecular flexibility index (Phi) is 4.72. The predicted octanol–water partition coefficient (Wildman–Crippen LogP) is 2.10. The van der Waals surface area contributed by atoms with E-state index < -0.39 is 0 Å². The minimum atomic E-state index is 0.0475. The van der Waals surface area contributed by atoms with Crippen LogP contribution in [0.3, 0.4) is 0 Å². The number of thioether (sulfide) groups is 2. The van der Waals surface area contributed by atoms with Gasteiger partial charge in [0.15, 0.2) is 0 Å². The van der Waals surface area contributed by atoms with Crippen molar-refractivity contribution in [2.24, 2.45) is 0 Å². The number of nitrogens with one attached hydrogen (secondary N) is 1. The Morgan fingerprint density at radius 2 is 1.81 bits per heavy atom. The number of ether oxygens (including phenoxy) is 2. The first kappa shape index (κ1) is 15.1. The van der Waals surface area contributed by atoms with Crippen molar-refractivity contribution in [3.63, 3.8) is 0 Å². The summed E-state index contributed by atoms with van der Waals surface area (Å²) in [5, 5.41) is 3.68. The lowest BCUT2D eigenvalue weighted by Crippen LogP contribution is -2.63. The van der Waals surface area contributed by atoms with Gasteiger partial charge < -0.3 is 9.47 Å². The molecule has 4 aliphatic rings. The van der Waals surface area contributed by atoms with Crippen molar-refractivity contribution in [1.82, 2.24) is 10.2 Å². The molecule has 0 aromatic heterocycles. The fourth-order valence-electron chi connectivity index (χ4n) is 4.21. The summed E-state index contributed by atoms with van der Waals surface area (Å²) in [6, 6.07) is 0. The first-order chi connectivity index (χ1) is 10.4. The number of hydrogen-bond donors (Lipinski definition) is 1. The van der Waals surface area contributed by atoms with Gasteiger partial charge in [-0.3, -0.25) is 10.2 Å². The van der Waals surface area contributed by atoms with Crippen molar-refractivity contribution in [3.05, 3.63) is 0 Å². The maximum Gasteiger partial charge on any atom is 0.122 e. The van der Waals surface area contributed by atoms with Crippen LogP contribution in [0.25, 0.3) is 0 Å². The maximum absolute atomic E-state index is 6.29. The summed E-state index contributed by atoms with van der Waals surface area (Å²) < 4.78 is 12.5. The molecule has 1 N–H and O–H groups in total. The van der Waals surface area contributed by atoms with E-state index in [9.17, 15) is 0 Å². The number of rotatable bonds is 3. The second-order valence-corrected chi connectivity index (χ2v) is 8.87. The zero-order valence-corrected chi connectivity index (χ0v) is 14.2. The van der Waals surface area contributed by atoms with Gasteiger partial charge in [0.1, 0.15) is 10.4 Å². The van der Waals surface area contributed by atoms with Gasteiger partial charge in [0, 0.05) is 37.8 Å². The molecule has 0 aromatic rings. The first-order valence-electron chi connectivity index (χ1n) is 8.40. The molecule has 4 aliphatic heterocycles. The van der Waals surface area contributed by atoms with Crippen LogP contribution >= 0.6 is 23.5 Å². The molecule has 0 radical (unpaired) electrons. The van der Waals surface area contributed by atoms with E-state index in [0.29, 0.717) is 17.7 Å². The van der Waals surface area contributed by atoms with E-state index in [0.717, 1.165) is 26.3 Å². The normalized spacial score (nSPS) is 45.4. The van der Waals surface area contributed by atoms with Crippen molar-refractivity contribution < 1.29 is 9.47 Å². The van der Waals surface area contributed by atoms with Gasteiger partial charge in [-0.05, 0) is 32.1 Å². The van der Waals surface area contributed by atoms with E-state index in [4.69, 9.17) is 9.47 Å². The van der Waals surface area contributed by atoms with E-state index >= 15 is 0 Å². The van der Waals surface area contributed by atoms with Crippen molar-refractivity contribution in [2.75, 3.05) is 37.8 Å². The van der Waals surface area contributed by atoms with Crippen LogP contribution in [0.1, 0.15) is 32.1 Å². The summed E-state index contributed by atoms with van der Waals surface area (Å²) in [6.07, 6.45) is 6.80. The molecule has 120 valence electrons. The van der Waals surface area contributed by atoms with Crippen LogP contribution in [0.2, 0.25) is 0 Å². The molecule has 0 saturated carbocycles. The predicted molar refractivity (Wildman–Crippen MR) is 88.7 cm³/mol. The summed E-state index contributed by atoms with van der Waals surface area (Å²) in [5.74, 6) is 2.43. The van der Waals surface area contributed by atoms with Gasteiger partial charge in [0.05, 0.1) is 12.2 Å². The van der Waals surface area contributed by atoms with Gasteiger partial charge in [0.25, 0.3) is 0 Å². The Labute approximate surface area is 136 Å². The maximum atomic E-state index is 6.29. The van der Waals surface area contributed by atoms with Gasteiger partial charge in [-0.1, -0.05) is 0 Å². The molecule has 0 bridgehead atoms. The highest BCUT2D eigenvalue weighted by Gasteiger charge is 2.57. The van der Waals surface area contributed by atoms with Gasteiger partial charge in [0.2, 0.25) is 0 Å². The lowest BCUT2D eigenvalue weighted by Gasteiger charge is -2.49. The van der Waals surface area contributed by atoms with Crippen LogP contribution in [0.15, 0.2) is 0 Å². The zero-order chi connectivity index (χ0) is 14.1. The van der Waals surface area contributed by atoms with Gasteiger partial charge >= 0.3 is 0 Å². The van der Waals surface area contributed by atoms with Crippen molar-refractivity contribution in [1.29, 1.82) is 0 Å². The van der Waals surface area contributed by atoms with E-state index in [1.165, 1.54) is 43.6 Å². The fourth-order valence-corrected chi connectivity index (χ4v) is 7.15. The van der Waals surface area contributed by atoms with E-state index in [1.54, 1.807) is 0 Å². The molecule has 4 rings (SSSR count). The smallest absolute Gasteiger partial charge is 0.122 e. The molecule has 4 unspecified atom stereocenters. The van der Waals surface area contributed by atoms with Crippen LogP contribution in [0, 0.1) is 0 Å². The second-order valence-electron chi connectivity index (χ2n) is 6.33. The van der Waals surface area contributed by atoms with Crippen molar-refractivity contribution >= 4 is 23.5 Å². The molecule has 4 heterocycles. The average molecular weight is 331 g/mol. The quantitative estimate of drug-likeness (QED) is 0.853. The molecule has 4 nitrogen and oxygen atoms in total. The van der Waals surface area contributed by atoms with Crippen molar-refractivity contribution in [3.8, 4) is 0 Å². The second kappa shape index (κ2) is 6.57. The summed E-state index contributed by atoms with van der Waals surface area (Å²) in [4.78, 5) is 2.74. The minimum absolute atomic E-state index is 0.0475. The van der Waals surface area contributed by atoms with Crippen LogP contribution in [-0.4, -0.2) is 65.3 Å². The van der Waals surface area contributed by atoms with Crippen LogP contribution in [0.5, 0.6) is 0 Å². The van der Waals surface area contributed by atoms with Crippen LogP contribution in [-0.2, 0) is 9.47 Å². The van der Waals surface area contributed by atoms with Gasteiger partial charge in [-0.15, -0.1) is 23.5 Å². The standard InChI is InChI=1S/C15H26N2O2S2/c1-2-8-18-12(4-1)15(13-5-3-9-19-13)17(7-11-21-15)14-16-6-10-20-14/h12-14,16H,1-11H2. The monoisotopic (exact) mass is 330 g/mol. The lowest BCUT2D eigenvalue weighted by molar-refractivity contribution is -0.103. The summed E-state index contributed by atoms with van der Waals surface area (Å²) >= 11 is 4.17. The summed E-state index contributed by atoms with van der Waals surface area (Å²) in [5.41, 5.74) is 0.453. The topological polar surface area (TPSA) is 33.7 Å². The molecule has 0 aromatic carbocycles. The Morgan fingerprint density at radius 3 is 2.48 bits per heavy atom. The molecule has 0 aliphatic carbocycles. The summed E-state index contributed by atoms with van der Waals surface area (Å²) in [6.45, 7) is 4.15. The third-order valence-corrected chi connectivity index (χ3v) is 7.91. The number of hydrogen-bond acceptors (Lipinski definition) is 6. The third kappa shape index (κ3) is 2.66. The Morgan fingerprint density at radius 1 is 1.00 bits per heavy atom. The van der Waals surface area contributed by atoms with E-state index in [-0.39, 0.29) is 4.87 Å². The molecule has 0 spiro atoms. The fraction of sp³-hybridized carbons (Fsp3) is 1.00. The molecule has 6 heteroatoms. The lowest BCUT2D eigenvalue weighted by atomic mass is 9.94. The highest BCUT2D eigenvalue weighted by atomic mass is 32.2. The highest BCUT2D eigenvalue weighted by Crippen LogP contribution is 2.50. The van der Waals surface area contributed by atoms with Gasteiger partial charge in [-0.25, -0.2) is 0 Å². The average Bonchev–Trinajstić information content (AvgIpc) is 3.27. The summed E-state index contributed by atoms with van der Waals surface area (Å²) in [7, 11) is 0. The molecular weight excluding hydrogens is 304 g/mol. The van der Waals surface area contributed by atoms with E-state index in [2.05, 4.69) is 33.7 Å². The van der Waals surface area contributed by atoms with Crippen LogP contribution in [0.4, 0.5) is 0 Å². The Balaban J connectivity index is 1.63. The Hall–Kier alpha value is 0.540. The molecular formula is C15H26N2O2S2. The van der Waals surface area contributed by atoms with Crippen molar-refractivity contribution in [2.45, 2.75) is 54.7 Å². The number of nitrogens with zero attached hydrogens (tertiary/aromatic N) is 1. The Bertz CT molecular complexity index is 356. The first-order valence-corrected chi connectivity index (χ1v) is 10.4.